The van der Waals surface area contributed by atoms with Gasteiger partial charge in [-0.3, -0.25) is 4.99 Å². The van der Waals surface area contributed by atoms with Crippen LogP contribution in [-0.2, 0) is 0 Å². The molecule has 1 aliphatic heterocycles. The molecule has 0 spiro atoms. The Hall–Kier alpha value is -2.00. The number of nitrogens with two attached hydrogens (primary N) is 1. The maximum absolute atomic E-state index is 12.3. The molecule has 1 aromatic carbocycles. The van der Waals surface area contributed by atoms with E-state index in [-0.39, 0.29) is 18.2 Å². The van der Waals surface area contributed by atoms with E-state index < -0.39 is 17.7 Å². The number of aliphatic hydroxyl groups is 1. The summed E-state index contributed by atoms with van der Waals surface area (Å²) in [5.74, 6) is -0.497. The summed E-state index contributed by atoms with van der Waals surface area (Å²) in [6.07, 6.45) is -4.23. The molecular weight excluding hydrogens is 313 g/mol. The topological polar surface area (TPSA) is 83.1 Å². The van der Waals surface area contributed by atoms with Crippen LogP contribution >= 0.6 is 0 Å². The lowest BCUT2D eigenvalue weighted by Gasteiger charge is -2.20. The summed E-state index contributed by atoms with van der Waals surface area (Å²) in [5, 5.41) is 12.8. The monoisotopic (exact) mass is 332 g/mol. The zero-order valence-corrected chi connectivity index (χ0v) is 12.6. The van der Waals surface area contributed by atoms with E-state index in [9.17, 15) is 18.3 Å². The van der Waals surface area contributed by atoms with E-state index in [1.807, 2.05) is 11.9 Å². The molecule has 0 aromatic heterocycles. The molecule has 1 fully saturated rings. The molecule has 1 saturated heterocycles. The first kappa shape index (κ1) is 17.4. The van der Waals surface area contributed by atoms with Gasteiger partial charge < -0.3 is 25.8 Å². The third-order valence-corrected chi connectivity index (χ3v) is 3.44. The van der Waals surface area contributed by atoms with Crippen LogP contribution in [0.1, 0.15) is 6.42 Å². The predicted molar refractivity (Wildman–Crippen MR) is 80.3 cm³/mol. The molecule has 6 nitrogen and oxygen atoms in total. The summed E-state index contributed by atoms with van der Waals surface area (Å²) in [4.78, 5) is 5.98. The number of hydrogen-bond acceptors (Lipinski definition) is 4. The van der Waals surface area contributed by atoms with Gasteiger partial charge in [0.05, 0.1) is 17.8 Å². The largest absolute Gasteiger partial charge is 0.573 e. The number of benzene rings is 1. The number of anilines is 1. The van der Waals surface area contributed by atoms with Crippen molar-refractivity contribution < 1.29 is 23.0 Å². The van der Waals surface area contributed by atoms with Crippen molar-refractivity contribution >= 4 is 11.6 Å². The van der Waals surface area contributed by atoms with E-state index in [0.29, 0.717) is 13.0 Å². The third-order valence-electron chi connectivity index (χ3n) is 3.44. The molecule has 1 atom stereocenters. The lowest BCUT2D eigenvalue weighted by molar-refractivity contribution is -0.274. The number of nitrogens with one attached hydrogen (secondary N) is 1. The number of likely N-dealkylation sites (tertiary alicyclic amines) is 1. The van der Waals surface area contributed by atoms with Gasteiger partial charge in [-0.05, 0) is 25.6 Å². The standard InChI is InChI=1S/C14H19F3N4O2/c1-21-7-6-13(22,9-21)8-19-12(18)20-10-4-2-3-5-11(10)23-14(15,16)17/h2-5,22H,6-9H2,1H3,(H3,18,19,20). The maximum Gasteiger partial charge on any atom is 0.573 e. The van der Waals surface area contributed by atoms with E-state index in [4.69, 9.17) is 5.73 Å². The minimum absolute atomic E-state index is 0.0432. The number of β-amino-alcohol motifs (C(OH)–C–C–N with tert-alkyl or cyclic N) is 1. The molecule has 23 heavy (non-hydrogen) atoms. The lowest BCUT2D eigenvalue weighted by Crippen LogP contribution is -2.37. The van der Waals surface area contributed by atoms with Crippen LogP contribution in [0.25, 0.3) is 0 Å². The van der Waals surface area contributed by atoms with Crippen LogP contribution in [0, 0.1) is 0 Å². The summed E-state index contributed by atoms with van der Waals surface area (Å²) < 4.78 is 41.0. The number of guanidine groups is 1. The molecule has 9 heteroatoms. The molecule has 1 aliphatic rings. The van der Waals surface area contributed by atoms with Gasteiger partial charge in [0.2, 0.25) is 0 Å². The average Bonchev–Trinajstić information content (AvgIpc) is 2.78. The third kappa shape index (κ3) is 5.29. The van der Waals surface area contributed by atoms with Gasteiger partial charge in [0.25, 0.3) is 0 Å². The Balaban J connectivity index is 2.02. The van der Waals surface area contributed by atoms with Crippen LogP contribution in [0.2, 0.25) is 0 Å². The van der Waals surface area contributed by atoms with Crippen molar-refractivity contribution in [2.24, 2.45) is 10.7 Å². The molecule has 0 saturated carbocycles. The van der Waals surface area contributed by atoms with Crippen molar-refractivity contribution in [3.05, 3.63) is 24.3 Å². The molecule has 2 rings (SSSR count). The lowest BCUT2D eigenvalue weighted by atomic mass is 10.0. The van der Waals surface area contributed by atoms with E-state index in [2.05, 4.69) is 15.0 Å². The summed E-state index contributed by atoms with van der Waals surface area (Å²) in [7, 11) is 1.88. The summed E-state index contributed by atoms with van der Waals surface area (Å²) >= 11 is 0. The SMILES string of the molecule is CN1CCC(O)(CN=C(N)Nc2ccccc2OC(F)(F)F)C1. The number of rotatable bonds is 4. The highest BCUT2D eigenvalue weighted by atomic mass is 19.4. The first-order valence-electron chi connectivity index (χ1n) is 6.99. The number of alkyl halides is 3. The van der Waals surface area contributed by atoms with Crippen molar-refractivity contribution in [2.75, 3.05) is 32.0 Å². The summed E-state index contributed by atoms with van der Waals surface area (Å²) in [6.45, 7) is 1.29. The molecule has 1 heterocycles. The molecule has 0 aliphatic carbocycles. The van der Waals surface area contributed by atoms with Gasteiger partial charge in [0.1, 0.15) is 0 Å². The molecule has 0 bridgehead atoms. The second-order valence-corrected chi connectivity index (χ2v) is 5.58. The predicted octanol–water partition coefficient (Wildman–Crippen LogP) is 1.38. The van der Waals surface area contributed by atoms with Crippen LogP contribution in [0.5, 0.6) is 5.75 Å². The highest BCUT2D eigenvalue weighted by molar-refractivity contribution is 5.93. The Kier molecular flexibility index (Phi) is 5.00. The number of likely N-dealkylation sites (N-methyl/N-ethyl adjacent to an activating group) is 1. The van der Waals surface area contributed by atoms with Crippen molar-refractivity contribution in [3.8, 4) is 5.75 Å². The molecule has 0 radical (unpaired) electrons. The Morgan fingerprint density at radius 1 is 1.48 bits per heavy atom. The summed E-state index contributed by atoms with van der Waals surface area (Å²) in [6, 6.07) is 5.51. The number of ether oxygens (including phenoxy) is 1. The number of para-hydroxylation sites is 2. The van der Waals surface area contributed by atoms with E-state index in [1.165, 1.54) is 24.3 Å². The maximum atomic E-state index is 12.3. The Morgan fingerprint density at radius 3 is 2.78 bits per heavy atom. The average molecular weight is 332 g/mol. The van der Waals surface area contributed by atoms with Gasteiger partial charge in [-0.2, -0.15) is 0 Å². The number of hydrogen-bond donors (Lipinski definition) is 3. The Labute approximate surface area is 131 Å². The first-order chi connectivity index (χ1) is 10.7. The number of aliphatic imine (C=N–C) groups is 1. The van der Waals surface area contributed by atoms with Crippen LogP contribution in [-0.4, -0.2) is 54.6 Å². The van der Waals surface area contributed by atoms with Gasteiger partial charge in [0, 0.05) is 13.1 Å². The second-order valence-electron chi connectivity index (χ2n) is 5.58. The smallest absolute Gasteiger partial charge is 0.404 e. The van der Waals surface area contributed by atoms with Gasteiger partial charge >= 0.3 is 6.36 Å². The Bertz CT molecular complexity index is 579. The minimum atomic E-state index is -4.80. The quantitative estimate of drug-likeness (QED) is 0.573. The fraction of sp³-hybridized carbons (Fsp3) is 0.500. The first-order valence-corrected chi connectivity index (χ1v) is 6.99. The van der Waals surface area contributed by atoms with E-state index >= 15 is 0 Å². The Morgan fingerprint density at radius 2 is 2.17 bits per heavy atom. The fourth-order valence-electron chi connectivity index (χ4n) is 2.38. The number of halogens is 3. The highest BCUT2D eigenvalue weighted by Crippen LogP contribution is 2.29. The van der Waals surface area contributed by atoms with Crippen LogP contribution in [0.3, 0.4) is 0 Å². The van der Waals surface area contributed by atoms with Gasteiger partial charge in [-0.15, -0.1) is 13.2 Å². The molecular formula is C14H19F3N4O2. The van der Waals surface area contributed by atoms with Crippen LogP contribution in [0.15, 0.2) is 29.3 Å². The molecule has 1 aromatic rings. The number of nitrogens with zero attached hydrogens (tertiary/aromatic N) is 2. The van der Waals surface area contributed by atoms with Crippen molar-refractivity contribution in [2.45, 2.75) is 18.4 Å². The van der Waals surface area contributed by atoms with E-state index in [0.717, 1.165) is 6.54 Å². The molecule has 4 N–H and O–H groups in total. The van der Waals surface area contributed by atoms with Gasteiger partial charge in [-0.1, -0.05) is 12.1 Å². The molecule has 1 unspecified atom stereocenters. The molecule has 128 valence electrons. The van der Waals surface area contributed by atoms with Crippen LogP contribution < -0.4 is 15.8 Å². The van der Waals surface area contributed by atoms with Crippen molar-refractivity contribution in [3.63, 3.8) is 0 Å². The van der Waals surface area contributed by atoms with Gasteiger partial charge in [-0.25, -0.2) is 0 Å². The zero-order chi connectivity index (χ0) is 17.1. The minimum Gasteiger partial charge on any atom is -0.404 e. The van der Waals surface area contributed by atoms with Gasteiger partial charge in [0.15, 0.2) is 11.7 Å². The zero-order valence-electron chi connectivity index (χ0n) is 12.6. The fourth-order valence-corrected chi connectivity index (χ4v) is 2.38. The van der Waals surface area contributed by atoms with Crippen molar-refractivity contribution in [1.29, 1.82) is 0 Å². The molecule has 0 amide bonds. The van der Waals surface area contributed by atoms with Crippen LogP contribution in [0.4, 0.5) is 18.9 Å². The van der Waals surface area contributed by atoms with Crippen molar-refractivity contribution in [1.82, 2.24) is 4.90 Å². The second kappa shape index (κ2) is 6.63. The highest BCUT2D eigenvalue weighted by Gasteiger charge is 2.34. The normalized spacial score (nSPS) is 23.1. The summed E-state index contributed by atoms with van der Waals surface area (Å²) in [5.41, 5.74) is 4.76. The van der Waals surface area contributed by atoms with E-state index in [1.54, 1.807) is 0 Å².